The van der Waals surface area contributed by atoms with E-state index in [-0.39, 0.29) is 5.69 Å². The lowest BCUT2D eigenvalue weighted by molar-refractivity contribution is 0.0701. The molecule has 0 aromatic carbocycles. The van der Waals surface area contributed by atoms with E-state index < -0.39 is 5.97 Å². The summed E-state index contributed by atoms with van der Waals surface area (Å²) in [5.41, 5.74) is 0.458. The summed E-state index contributed by atoms with van der Waals surface area (Å²) < 4.78 is 1.39. The van der Waals surface area contributed by atoms with Crippen molar-refractivity contribution in [2.24, 2.45) is 7.05 Å². The first-order chi connectivity index (χ1) is 8.09. The lowest BCUT2D eigenvalue weighted by Crippen LogP contribution is -2.12. The van der Waals surface area contributed by atoms with Crippen molar-refractivity contribution in [1.29, 1.82) is 0 Å². The Kier molecular flexibility index (Phi) is 3.34. The molecule has 0 amide bonds. The number of carboxylic acids is 1. The molecule has 2 N–H and O–H groups in total. The third-order valence-electron chi connectivity index (χ3n) is 2.14. The van der Waals surface area contributed by atoms with Crippen molar-refractivity contribution >= 4 is 29.1 Å². The molecule has 2 heterocycles. The molecular weight excluding hydrogens is 262 g/mol. The highest BCUT2D eigenvalue weighted by atomic mass is 32.2. The second kappa shape index (κ2) is 4.76. The normalized spacial score (nSPS) is 10.6. The molecule has 0 aliphatic carbocycles. The van der Waals surface area contributed by atoms with Crippen molar-refractivity contribution in [2.75, 3.05) is 0 Å². The van der Waals surface area contributed by atoms with E-state index in [1.165, 1.54) is 27.7 Å². The number of hydrogen-bond acceptors (Lipinski definition) is 5. The zero-order valence-corrected chi connectivity index (χ0v) is 10.5. The molecule has 0 aliphatic rings. The summed E-state index contributed by atoms with van der Waals surface area (Å²) in [4.78, 5) is 22.3. The molecule has 0 saturated heterocycles. The SMILES string of the molecule is Cn1c(SCc2ccsc2C(=O)O)n[nH]c1=O. The van der Waals surface area contributed by atoms with Gasteiger partial charge >= 0.3 is 11.7 Å². The van der Waals surface area contributed by atoms with Gasteiger partial charge in [-0.25, -0.2) is 14.7 Å². The first-order valence-electron chi connectivity index (χ1n) is 4.63. The lowest BCUT2D eigenvalue weighted by Gasteiger charge is -1.99. The molecule has 0 aliphatic heterocycles. The molecule has 0 atom stereocenters. The average Bonchev–Trinajstić information content (AvgIpc) is 2.86. The molecule has 17 heavy (non-hydrogen) atoms. The summed E-state index contributed by atoms with van der Waals surface area (Å²) in [5.74, 6) is -0.449. The molecular formula is C9H9N3O3S2. The van der Waals surface area contributed by atoms with E-state index in [0.29, 0.717) is 15.8 Å². The standard InChI is InChI=1S/C9H9N3O3S2/c1-12-8(15)10-11-9(12)17-4-5-2-3-16-6(5)7(13)14/h2-3H,4H2,1H3,(H,10,15)(H,13,14). The Bertz CT molecular complexity index is 599. The van der Waals surface area contributed by atoms with Gasteiger partial charge in [0.1, 0.15) is 4.88 Å². The van der Waals surface area contributed by atoms with E-state index in [1.54, 1.807) is 18.5 Å². The van der Waals surface area contributed by atoms with Crippen LogP contribution in [0.1, 0.15) is 15.2 Å². The topological polar surface area (TPSA) is 88.0 Å². The number of aromatic carboxylic acids is 1. The third-order valence-corrected chi connectivity index (χ3v) is 4.16. The minimum atomic E-state index is -0.925. The highest BCUT2D eigenvalue weighted by Crippen LogP contribution is 2.24. The van der Waals surface area contributed by atoms with Crippen LogP contribution >= 0.6 is 23.1 Å². The van der Waals surface area contributed by atoms with Crippen LogP contribution in [0.4, 0.5) is 0 Å². The van der Waals surface area contributed by atoms with Gasteiger partial charge < -0.3 is 5.11 Å². The molecule has 2 rings (SSSR count). The van der Waals surface area contributed by atoms with E-state index in [0.717, 1.165) is 5.56 Å². The Morgan fingerprint density at radius 3 is 3.06 bits per heavy atom. The maximum atomic E-state index is 11.1. The summed E-state index contributed by atoms with van der Waals surface area (Å²) in [7, 11) is 1.61. The van der Waals surface area contributed by atoms with E-state index in [9.17, 15) is 9.59 Å². The average molecular weight is 271 g/mol. The highest BCUT2D eigenvalue weighted by Gasteiger charge is 2.13. The number of aromatic nitrogens is 3. The number of H-pyrrole nitrogens is 1. The van der Waals surface area contributed by atoms with Gasteiger partial charge in [0.2, 0.25) is 0 Å². The number of hydrogen-bond donors (Lipinski definition) is 2. The van der Waals surface area contributed by atoms with Gasteiger partial charge in [0, 0.05) is 12.8 Å². The lowest BCUT2D eigenvalue weighted by atomic mass is 10.3. The quantitative estimate of drug-likeness (QED) is 0.815. The summed E-state index contributed by atoms with van der Waals surface area (Å²) in [6, 6.07) is 1.77. The largest absolute Gasteiger partial charge is 0.477 e. The second-order valence-electron chi connectivity index (χ2n) is 3.24. The van der Waals surface area contributed by atoms with Crippen LogP contribution < -0.4 is 5.69 Å². The van der Waals surface area contributed by atoms with Crippen molar-refractivity contribution in [1.82, 2.24) is 14.8 Å². The van der Waals surface area contributed by atoms with Gasteiger partial charge in [0.15, 0.2) is 5.16 Å². The fourth-order valence-corrected chi connectivity index (χ4v) is 3.00. The Morgan fingerprint density at radius 2 is 2.47 bits per heavy atom. The smallest absolute Gasteiger partial charge is 0.346 e. The van der Waals surface area contributed by atoms with Crippen molar-refractivity contribution in [3.63, 3.8) is 0 Å². The second-order valence-corrected chi connectivity index (χ2v) is 5.10. The summed E-state index contributed by atoms with van der Waals surface area (Å²) in [5, 5.41) is 17.4. The maximum absolute atomic E-state index is 11.1. The van der Waals surface area contributed by atoms with E-state index in [2.05, 4.69) is 10.2 Å². The van der Waals surface area contributed by atoms with Crippen LogP contribution in [0.15, 0.2) is 21.4 Å². The molecule has 0 unspecified atom stereocenters. The minimum absolute atomic E-state index is 0.281. The first-order valence-corrected chi connectivity index (χ1v) is 6.50. The van der Waals surface area contributed by atoms with Crippen LogP contribution in [0.5, 0.6) is 0 Å². The van der Waals surface area contributed by atoms with Gasteiger partial charge in [0.25, 0.3) is 0 Å². The van der Waals surface area contributed by atoms with Crippen LogP contribution in [0, 0.1) is 0 Å². The van der Waals surface area contributed by atoms with Crippen molar-refractivity contribution in [3.05, 3.63) is 32.4 Å². The van der Waals surface area contributed by atoms with Crippen molar-refractivity contribution < 1.29 is 9.90 Å². The van der Waals surface area contributed by atoms with Gasteiger partial charge in [-0.15, -0.1) is 16.4 Å². The predicted octanol–water partition coefficient (Wildman–Crippen LogP) is 1.16. The summed E-state index contributed by atoms with van der Waals surface area (Å²) >= 11 is 2.51. The molecule has 0 radical (unpaired) electrons. The van der Waals surface area contributed by atoms with Gasteiger partial charge in [-0.05, 0) is 17.0 Å². The molecule has 8 heteroatoms. The Balaban J connectivity index is 2.13. The summed E-state index contributed by atoms with van der Waals surface area (Å²) in [6.07, 6.45) is 0. The number of aromatic amines is 1. The first kappa shape index (κ1) is 11.9. The van der Waals surface area contributed by atoms with Gasteiger partial charge in [-0.1, -0.05) is 11.8 Å². The Hall–Kier alpha value is -1.54. The zero-order chi connectivity index (χ0) is 12.4. The number of thiophene rings is 1. The van der Waals surface area contributed by atoms with Gasteiger partial charge in [0.05, 0.1) is 0 Å². The molecule has 0 bridgehead atoms. The number of carbonyl (C=O) groups is 1. The van der Waals surface area contributed by atoms with Gasteiger partial charge in [-0.2, -0.15) is 0 Å². The molecule has 0 saturated carbocycles. The Morgan fingerprint density at radius 1 is 1.71 bits per heavy atom. The maximum Gasteiger partial charge on any atom is 0.346 e. The van der Waals surface area contributed by atoms with Crippen LogP contribution in [0.25, 0.3) is 0 Å². The van der Waals surface area contributed by atoms with E-state index in [1.807, 2.05) is 0 Å². The van der Waals surface area contributed by atoms with Crippen LogP contribution in [0.2, 0.25) is 0 Å². The molecule has 0 spiro atoms. The number of rotatable bonds is 4. The molecule has 2 aromatic rings. The molecule has 90 valence electrons. The number of thioether (sulfide) groups is 1. The fourth-order valence-electron chi connectivity index (χ4n) is 1.24. The molecule has 0 fully saturated rings. The number of nitrogens with one attached hydrogen (secondary N) is 1. The van der Waals surface area contributed by atoms with Crippen molar-refractivity contribution in [2.45, 2.75) is 10.9 Å². The zero-order valence-electron chi connectivity index (χ0n) is 8.84. The van der Waals surface area contributed by atoms with Gasteiger partial charge in [-0.3, -0.25) is 4.57 Å². The highest BCUT2D eigenvalue weighted by molar-refractivity contribution is 7.98. The Labute approximate surface area is 104 Å². The monoisotopic (exact) mass is 271 g/mol. The van der Waals surface area contributed by atoms with Crippen LogP contribution in [-0.2, 0) is 12.8 Å². The molecule has 2 aromatic heterocycles. The van der Waals surface area contributed by atoms with Crippen LogP contribution in [0.3, 0.4) is 0 Å². The summed E-state index contributed by atoms with van der Waals surface area (Å²) in [6.45, 7) is 0. The van der Waals surface area contributed by atoms with E-state index in [4.69, 9.17) is 5.11 Å². The van der Waals surface area contributed by atoms with E-state index >= 15 is 0 Å². The van der Waals surface area contributed by atoms with Crippen molar-refractivity contribution in [3.8, 4) is 0 Å². The van der Waals surface area contributed by atoms with Crippen LogP contribution in [-0.4, -0.2) is 25.8 Å². The predicted molar refractivity (Wildman–Crippen MR) is 64.7 cm³/mol. The number of carboxylic acid groups (broad SMARTS) is 1. The molecule has 6 nitrogen and oxygen atoms in total. The fraction of sp³-hybridized carbons (Fsp3) is 0.222. The minimum Gasteiger partial charge on any atom is -0.477 e. The third kappa shape index (κ3) is 2.42. The number of nitrogens with zero attached hydrogens (tertiary/aromatic N) is 2.